The Morgan fingerprint density at radius 3 is 2.29 bits per heavy atom. The molecule has 1 aliphatic carbocycles. The summed E-state index contributed by atoms with van der Waals surface area (Å²) in [5.41, 5.74) is 0.770. The second-order valence-corrected chi connectivity index (χ2v) is 6.08. The first-order valence-corrected chi connectivity index (χ1v) is 8.35. The normalized spacial score (nSPS) is 15.2. The molecule has 4 heteroatoms. The molecule has 126 valence electrons. The highest BCUT2D eigenvalue weighted by atomic mass is 16.5. The Morgan fingerprint density at radius 2 is 1.71 bits per heavy atom. The number of carbonyl (C=O) groups excluding carboxylic acids is 1. The largest absolute Gasteiger partial charge is 0.497 e. The summed E-state index contributed by atoms with van der Waals surface area (Å²) >= 11 is 0. The number of ether oxygens (including phenoxy) is 2. The SMILES string of the molecule is COc1ccc(OCCNC(=O)C2(c3ccccc3)CCC2)cc1. The average Bonchev–Trinajstić information content (AvgIpc) is 2.59. The number of rotatable bonds is 7. The molecule has 3 rings (SSSR count). The van der Waals surface area contributed by atoms with Gasteiger partial charge in [-0.3, -0.25) is 4.79 Å². The van der Waals surface area contributed by atoms with E-state index < -0.39 is 0 Å². The number of hydrogen-bond donors (Lipinski definition) is 1. The van der Waals surface area contributed by atoms with Crippen molar-refractivity contribution in [2.75, 3.05) is 20.3 Å². The number of nitrogens with one attached hydrogen (secondary N) is 1. The first kappa shape index (κ1) is 16.4. The van der Waals surface area contributed by atoms with Crippen molar-refractivity contribution in [3.8, 4) is 11.5 Å². The fourth-order valence-electron chi connectivity index (χ4n) is 3.11. The lowest BCUT2D eigenvalue weighted by molar-refractivity contribution is -0.130. The Balaban J connectivity index is 1.50. The summed E-state index contributed by atoms with van der Waals surface area (Å²) in [7, 11) is 1.63. The van der Waals surface area contributed by atoms with Crippen molar-refractivity contribution in [2.45, 2.75) is 24.7 Å². The van der Waals surface area contributed by atoms with Crippen molar-refractivity contribution in [1.29, 1.82) is 0 Å². The van der Waals surface area contributed by atoms with E-state index >= 15 is 0 Å². The van der Waals surface area contributed by atoms with Crippen molar-refractivity contribution < 1.29 is 14.3 Å². The predicted molar refractivity (Wildman–Crippen MR) is 93.5 cm³/mol. The summed E-state index contributed by atoms with van der Waals surface area (Å²) in [6.45, 7) is 0.947. The number of methoxy groups -OCH3 is 1. The molecule has 0 unspecified atom stereocenters. The van der Waals surface area contributed by atoms with Gasteiger partial charge in [0.05, 0.1) is 19.1 Å². The van der Waals surface area contributed by atoms with Crippen LogP contribution < -0.4 is 14.8 Å². The van der Waals surface area contributed by atoms with Crippen LogP contribution in [0.2, 0.25) is 0 Å². The first-order chi connectivity index (χ1) is 11.7. The molecule has 0 bridgehead atoms. The van der Waals surface area contributed by atoms with E-state index in [-0.39, 0.29) is 11.3 Å². The van der Waals surface area contributed by atoms with Crippen LogP contribution in [0.25, 0.3) is 0 Å². The maximum Gasteiger partial charge on any atom is 0.230 e. The Bertz CT molecular complexity index is 663. The standard InChI is InChI=1S/C20H23NO3/c1-23-17-8-10-18(11-9-17)24-15-14-21-19(22)20(12-5-13-20)16-6-3-2-4-7-16/h2-4,6-11H,5,12-15H2,1H3,(H,21,22). The van der Waals surface area contributed by atoms with E-state index in [1.54, 1.807) is 7.11 Å². The van der Waals surface area contributed by atoms with Gasteiger partial charge in [0.25, 0.3) is 0 Å². The molecule has 2 aromatic rings. The smallest absolute Gasteiger partial charge is 0.230 e. The van der Waals surface area contributed by atoms with Crippen LogP contribution in [0.5, 0.6) is 11.5 Å². The fraction of sp³-hybridized carbons (Fsp3) is 0.350. The van der Waals surface area contributed by atoms with Gasteiger partial charge in [0, 0.05) is 0 Å². The van der Waals surface area contributed by atoms with Gasteiger partial charge < -0.3 is 14.8 Å². The van der Waals surface area contributed by atoms with E-state index in [0.29, 0.717) is 13.2 Å². The number of benzene rings is 2. The minimum Gasteiger partial charge on any atom is -0.497 e. The molecule has 1 amide bonds. The van der Waals surface area contributed by atoms with Gasteiger partial charge in [-0.25, -0.2) is 0 Å². The molecule has 0 heterocycles. The van der Waals surface area contributed by atoms with Gasteiger partial charge in [-0.2, -0.15) is 0 Å². The Kier molecular flexibility index (Phi) is 5.04. The zero-order valence-electron chi connectivity index (χ0n) is 14.0. The highest BCUT2D eigenvalue weighted by Gasteiger charge is 2.45. The van der Waals surface area contributed by atoms with Crippen LogP contribution in [-0.4, -0.2) is 26.2 Å². The van der Waals surface area contributed by atoms with Crippen molar-refractivity contribution in [2.24, 2.45) is 0 Å². The summed E-state index contributed by atoms with van der Waals surface area (Å²) < 4.78 is 10.8. The molecule has 0 atom stereocenters. The first-order valence-electron chi connectivity index (χ1n) is 8.35. The third-order valence-corrected chi connectivity index (χ3v) is 4.68. The Hall–Kier alpha value is -2.49. The highest BCUT2D eigenvalue weighted by Crippen LogP contribution is 2.43. The van der Waals surface area contributed by atoms with E-state index in [9.17, 15) is 4.79 Å². The van der Waals surface area contributed by atoms with Gasteiger partial charge in [-0.1, -0.05) is 36.8 Å². The summed E-state index contributed by atoms with van der Waals surface area (Å²) in [5, 5.41) is 3.03. The molecule has 4 nitrogen and oxygen atoms in total. The van der Waals surface area contributed by atoms with E-state index in [1.165, 1.54) is 0 Å². The molecule has 0 radical (unpaired) electrons. The summed E-state index contributed by atoms with van der Waals surface area (Å²) in [6.07, 6.45) is 2.94. The van der Waals surface area contributed by atoms with Crippen molar-refractivity contribution >= 4 is 5.91 Å². The third kappa shape index (κ3) is 3.37. The Morgan fingerprint density at radius 1 is 1.04 bits per heavy atom. The second-order valence-electron chi connectivity index (χ2n) is 6.08. The van der Waals surface area contributed by atoms with E-state index in [4.69, 9.17) is 9.47 Å². The van der Waals surface area contributed by atoms with Gasteiger partial charge in [0.2, 0.25) is 5.91 Å². The quantitative estimate of drug-likeness (QED) is 0.795. The van der Waals surface area contributed by atoms with Crippen LogP contribution >= 0.6 is 0 Å². The van der Waals surface area contributed by atoms with E-state index in [2.05, 4.69) is 5.32 Å². The lowest BCUT2D eigenvalue weighted by atomic mass is 9.64. The molecule has 1 saturated carbocycles. The van der Waals surface area contributed by atoms with Crippen molar-refractivity contribution in [3.63, 3.8) is 0 Å². The summed E-state index contributed by atoms with van der Waals surface area (Å²) in [5.74, 6) is 1.68. The second kappa shape index (κ2) is 7.39. The fourth-order valence-corrected chi connectivity index (χ4v) is 3.11. The topological polar surface area (TPSA) is 47.6 Å². The highest BCUT2D eigenvalue weighted by molar-refractivity contribution is 5.89. The predicted octanol–water partition coefficient (Wildman–Crippen LogP) is 3.31. The van der Waals surface area contributed by atoms with Gasteiger partial charge >= 0.3 is 0 Å². The summed E-state index contributed by atoms with van der Waals surface area (Å²) in [6, 6.07) is 17.5. The average molecular weight is 325 g/mol. The Labute approximate surface area is 142 Å². The number of hydrogen-bond acceptors (Lipinski definition) is 3. The van der Waals surface area contributed by atoms with Gasteiger partial charge in [-0.05, 0) is 42.7 Å². The lowest BCUT2D eigenvalue weighted by Crippen LogP contribution is -2.50. The molecule has 1 N–H and O–H groups in total. The van der Waals surface area contributed by atoms with Crippen LogP contribution in [0.1, 0.15) is 24.8 Å². The van der Waals surface area contributed by atoms with E-state index in [1.807, 2.05) is 54.6 Å². The van der Waals surface area contributed by atoms with Crippen LogP contribution in [-0.2, 0) is 10.2 Å². The molecular weight excluding hydrogens is 302 g/mol. The minimum absolute atomic E-state index is 0.110. The van der Waals surface area contributed by atoms with Gasteiger partial charge in [0.15, 0.2) is 0 Å². The molecule has 0 aliphatic heterocycles. The molecule has 1 fully saturated rings. The van der Waals surface area contributed by atoms with Gasteiger partial charge in [0.1, 0.15) is 18.1 Å². The summed E-state index contributed by atoms with van der Waals surface area (Å²) in [4.78, 5) is 12.7. The lowest BCUT2D eigenvalue weighted by Gasteiger charge is -2.40. The monoisotopic (exact) mass is 325 g/mol. The molecule has 0 aromatic heterocycles. The maximum atomic E-state index is 12.7. The molecule has 1 aliphatic rings. The maximum absolute atomic E-state index is 12.7. The van der Waals surface area contributed by atoms with Crippen molar-refractivity contribution in [1.82, 2.24) is 5.32 Å². The molecular formula is C20H23NO3. The van der Waals surface area contributed by atoms with Crippen LogP contribution in [0.15, 0.2) is 54.6 Å². The molecule has 0 saturated heterocycles. The third-order valence-electron chi connectivity index (χ3n) is 4.68. The molecule has 24 heavy (non-hydrogen) atoms. The van der Waals surface area contributed by atoms with Crippen LogP contribution in [0, 0.1) is 0 Å². The number of amides is 1. The molecule has 0 spiro atoms. The molecule has 2 aromatic carbocycles. The van der Waals surface area contributed by atoms with Crippen LogP contribution in [0.4, 0.5) is 0 Å². The van der Waals surface area contributed by atoms with Crippen LogP contribution in [0.3, 0.4) is 0 Å². The minimum atomic E-state index is -0.346. The van der Waals surface area contributed by atoms with E-state index in [0.717, 1.165) is 36.3 Å². The zero-order chi connectivity index (χ0) is 16.8. The van der Waals surface area contributed by atoms with Crippen molar-refractivity contribution in [3.05, 3.63) is 60.2 Å². The zero-order valence-corrected chi connectivity index (χ0v) is 14.0. The van der Waals surface area contributed by atoms with Gasteiger partial charge in [-0.15, -0.1) is 0 Å². The number of carbonyl (C=O) groups is 1.